The van der Waals surface area contributed by atoms with Crippen LogP contribution in [0.15, 0.2) is 48.5 Å². The number of halogens is 2. The topological polar surface area (TPSA) is 58.2 Å². The van der Waals surface area contributed by atoms with Crippen molar-refractivity contribution in [2.45, 2.75) is 6.42 Å². The van der Waals surface area contributed by atoms with Crippen LogP contribution < -0.4 is 10.6 Å². The van der Waals surface area contributed by atoms with Gasteiger partial charge in [-0.15, -0.1) is 0 Å². The van der Waals surface area contributed by atoms with Gasteiger partial charge in [-0.2, -0.15) is 0 Å². The molecule has 0 aliphatic carbocycles. The first-order chi connectivity index (χ1) is 10.5. The van der Waals surface area contributed by atoms with E-state index in [1.165, 1.54) is 24.3 Å². The molecule has 0 unspecified atom stereocenters. The highest BCUT2D eigenvalue weighted by Gasteiger charge is 2.07. The molecule has 2 amide bonds. The van der Waals surface area contributed by atoms with Crippen LogP contribution in [-0.2, 0) is 4.79 Å². The van der Waals surface area contributed by atoms with Gasteiger partial charge in [0.15, 0.2) is 0 Å². The van der Waals surface area contributed by atoms with Crippen molar-refractivity contribution in [3.63, 3.8) is 0 Å². The Kier molecular flexibility index (Phi) is 5.49. The van der Waals surface area contributed by atoms with E-state index in [4.69, 9.17) is 11.6 Å². The largest absolute Gasteiger partial charge is 0.352 e. The SMILES string of the molecule is O=C(CCNC(=O)c1ccc(Cl)cc1)Nc1ccc(F)cc1. The molecule has 4 nitrogen and oxygen atoms in total. The van der Waals surface area contributed by atoms with E-state index in [0.717, 1.165) is 0 Å². The minimum atomic E-state index is -0.367. The van der Waals surface area contributed by atoms with Gasteiger partial charge in [0.1, 0.15) is 5.82 Å². The fourth-order valence-corrected chi connectivity index (χ4v) is 1.88. The van der Waals surface area contributed by atoms with Crippen LogP contribution in [0.4, 0.5) is 10.1 Å². The molecule has 2 rings (SSSR count). The van der Waals surface area contributed by atoms with Crippen molar-refractivity contribution in [3.8, 4) is 0 Å². The molecule has 0 aliphatic heterocycles. The van der Waals surface area contributed by atoms with Crippen molar-refractivity contribution in [3.05, 3.63) is 64.9 Å². The predicted octanol–water partition coefficient (Wildman–Crippen LogP) is 3.24. The molecule has 0 spiro atoms. The molecule has 114 valence electrons. The summed E-state index contributed by atoms with van der Waals surface area (Å²) >= 11 is 5.74. The molecule has 0 bridgehead atoms. The van der Waals surface area contributed by atoms with E-state index in [1.54, 1.807) is 24.3 Å². The minimum absolute atomic E-state index is 0.122. The van der Waals surface area contributed by atoms with Crippen LogP contribution in [0, 0.1) is 5.82 Å². The Labute approximate surface area is 132 Å². The standard InChI is InChI=1S/C16H14ClFN2O2/c17-12-3-1-11(2-4-12)16(22)19-10-9-15(21)20-14-7-5-13(18)6-8-14/h1-8H,9-10H2,(H,19,22)(H,20,21). The molecule has 0 saturated heterocycles. The maximum absolute atomic E-state index is 12.7. The number of nitrogens with one attached hydrogen (secondary N) is 2. The molecule has 0 fully saturated rings. The number of amides is 2. The predicted molar refractivity (Wildman–Crippen MR) is 83.4 cm³/mol. The van der Waals surface area contributed by atoms with Crippen molar-refractivity contribution < 1.29 is 14.0 Å². The van der Waals surface area contributed by atoms with Crippen molar-refractivity contribution in [2.24, 2.45) is 0 Å². The lowest BCUT2D eigenvalue weighted by molar-refractivity contribution is -0.116. The van der Waals surface area contributed by atoms with E-state index in [1.807, 2.05) is 0 Å². The van der Waals surface area contributed by atoms with Crippen molar-refractivity contribution in [2.75, 3.05) is 11.9 Å². The zero-order valence-corrected chi connectivity index (χ0v) is 12.4. The van der Waals surface area contributed by atoms with Crippen molar-refractivity contribution in [1.82, 2.24) is 5.32 Å². The zero-order valence-electron chi connectivity index (χ0n) is 11.6. The molecule has 0 atom stereocenters. The summed E-state index contributed by atoms with van der Waals surface area (Å²) in [6.45, 7) is 0.203. The molecule has 2 aromatic rings. The summed E-state index contributed by atoms with van der Waals surface area (Å²) in [7, 11) is 0. The summed E-state index contributed by atoms with van der Waals surface area (Å²) < 4.78 is 12.7. The molecule has 0 radical (unpaired) electrons. The van der Waals surface area contributed by atoms with E-state index in [9.17, 15) is 14.0 Å². The molecule has 0 saturated carbocycles. The van der Waals surface area contributed by atoms with E-state index in [2.05, 4.69) is 10.6 Å². The second-order valence-electron chi connectivity index (χ2n) is 4.57. The Morgan fingerprint density at radius 3 is 2.27 bits per heavy atom. The van der Waals surface area contributed by atoms with Gasteiger partial charge in [-0.1, -0.05) is 11.6 Å². The highest BCUT2D eigenvalue weighted by molar-refractivity contribution is 6.30. The maximum Gasteiger partial charge on any atom is 0.251 e. The monoisotopic (exact) mass is 320 g/mol. The van der Waals surface area contributed by atoms with Crippen molar-refractivity contribution in [1.29, 1.82) is 0 Å². The van der Waals surface area contributed by atoms with Gasteiger partial charge < -0.3 is 10.6 Å². The fraction of sp³-hybridized carbons (Fsp3) is 0.125. The summed E-state index contributed by atoms with van der Waals surface area (Å²) in [4.78, 5) is 23.5. The van der Waals surface area contributed by atoms with E-state index < -0.39 is 0 Å². The molecule has 22 heavy (non-hydrogen) atoms. The average molecular weight is 321 g/mol. The molecular weight excluding hydrogens is 307 g/mol. The number of hydrogen-bond acceptors (Lipinski definition) is 2. The van der Waals surface area contributed by atoms with E-state index in [0.29, 0.717) is 16.3 Å². The summed E-state index contributed by atoms with van der Waals surface area (Å²) in [5, 5.41) is 5.81. The Balaban J connectivity index is 1.75. The van der Waals surface area contributed by atoms with Crippen LogP contribution in [0.1, 0.15) is 16.8 Å². The van der Waals surface area contributed by atoms with Crippen LogP contribution in [0.2, 0.25) is 5.02 Å². The van der Waals surface area contributed by atoms with Gasteiger partial charge in [0.2, 0.25) is 5.91 Å². The minimum Gasteiger partial charge on any atom is -0.352 e. The van der Waals surface area contributed by atoms with Gasteiger partial charge in [-0.05, 0) is 48.5 Å². The van der Waals surface area contributed by atoms with E-state index in [-0.39, 0.29) is 30.6 Å². The summed E-state index contributed by atoms with van der Waals surface area (Å²) in [5.74, 6) is -0.900. The normalized spacial score (nSPS) is 10.1. The van der Waals surface area contributed by atoms with Gasteiger partial charge in [-0.25, -0.2) is 4.39 Å². The Bertz CT molecular complexity index is 657. The lowest BCUT2D eigenvalue weighted by atomic mass is 10.2. The number of carbonyl (C=O) groups excluding carboxylic acids is 2. The smallest absolute Gasteiger partial charge is 0.251 e. The molecule has 0 aliphatic rings. The molecule has 0 aromatic heterocycles. The summed E-state index contributed by atoms with van der Waals surface area (Å²) in [5.41, 5.74) is 0.985. The molecule has 2 N–H and O–H groups in total. The number of hydrogen-bond donors (Lipinski definition) is 2. The average Bonchev–Trinajstić information content (AvgIpc) is 2.50. The van der Waals surface area contributed by atoms with Crippen LogP contribution in [-0.4, -0.2) is 18.4 Å². The summed E-state index contributed by atoms with van der Waals surface area (Å²) in [6.07, 6.45) is 0.122. The molecule has 6 heteroatoms. The second kappa shape index (κ2) is 7.56. The molecule has 2 aromatic carbocycles. The number of anilines is 1. The van der Waals surface area contributed by atoms with E-state index >= 15 is 0 Å². The van der Waals surface area contributed by atoms with Gasteiger partial charge >= 0.3 is 0 Å². The Hall–Kier alpha value is -2.40. The fourth-order valence-electron chi connectivity index (χ4n) is 1.75. The third-order valence-corrected chi connectivity index (χ3v) is 3.12. The third-order valence-electron chi connectivity index (χ3n) is 2.87. The Morgan fingerprint density at radius 1 is 1.00 bits per heavy atom. The lowest BCUT2D eigenvalue weighted by Crippen LogP contribution is -2.27. The molecular formula is C16H14ClFN2O2. The maximum atomic E-state index is 12.7. The summed E-state index contributed by atoms with van der Waals surface area (Å²) in [6, 6.07) is 11.9. The highest BCUT2D eigenvalue weighted by Crippen LogP contribution is 2.10. The zero-order chi connectivity index (χ0) is 15.9. The highest BCUT2D eigenvalue weighted by atomic mass is 35.5. The van der Waals surface area contributed by atoms with Gasteiger partial charge in [-0.3, -0.25) is 9.59 Å². The van der Waals surface area contributed by atoms with Crippen molar-refractivity contribution >= 4 is 29.1 Å². The first-order valence-electron chi connectivity index (χ1n) is 6.64. The lowest BCUT2D eigenvalue weighted by Gasteiger charge is -2.07. The first kappa shape index (κ1) is 16.0. The van der Waals surface area contributed by atoms with Crippen LogP contribution in [0.5, 0.6) is 0 Å². The second-order valence-corrected chi connectivity index (χ2v) is 5.00. The van der Waals surface area contributed by atoms with Gasteiger partial charge in [0.25, 0.3) is 5.91 Å². The van der Waals surface area contributed by atoms with Gasteiger partial charge in [0.05, 0.1) is 0 Å². The van der Waals surface area contributed by atoms with Crippen LogP contribution >= 0.6 is 11.6 Å². The van der Waals surface area contributed by atoms with Gasteiger partial charge in [0, 0.05) is 29.2 Å². The quantitative estimate of drug-likeness (QED) is 0.888. The van der Waals surface area contributed by atoms with Crippen LogP contribution in [0.3, 0.4) is 0 Å². The number of benzene rings is 2. The Morgan fingerprint density at radius 2 is 1.64 bits per heavy atom. The number of carbonyl (C=O) groups is 2. The van der Waals surface area contributed by atoms with Crippen LogP contribution in [0.25, 0.3) is 0 Å². The first-order valence-corrected chi connectivity index (χ1v) is 7.01. The molecule has 0 heterocycles. The number of rotatable bonds is 5. The third kappa shape index (κ3) is 4.86.